The molecule has 3 aromatic rings. The molecule has 3 rings (SSSR count). The first-order valence-electron chi connectivity index (χ1n) is 8.89. The molecular weight excluding hydrogens is 392 g/mol. The van der Waals surface area contributed by atoms with Gasteiger partial charge in [0.25, 0.3) is 5.91 Å². The summed E-state index contributed by atoms with van der Waals surface area (Å²) in [5.41, 5.74) is 4.07. The molecule has 0 fully saturated rings. The summed E-state index contributed by atoms with van der Waals surface area (Å²) in [6, 6.07) is 9.45. The molecule has 0 N–H and O–H groups in total. The topological polar surface area (TPSA) is 52.8 Å². The van der Waals surface area contributed by atoms with E-state index < -0.39 is 0 Å². The van der Waals surface area contributed by atoms with Crippen LogP contribution in [0.5, 0.6) is 11.5 Å². The summed E-state index contributed by atoms with van der Waals surface area (Å²) in [6.07, 6.45) is 2.08. The van der Waals surface area contributed by atoms with E-state index in [1.54, 1.807) is 55.5 Å². The molecule has 0 aliphatic heterocycles. The predicted molar refractivity (Wildman–Crippen MR) is 117 cm³/mol. The predicted octanol–water partition coefficient (Wildman–Crippen LogP) is 4.44. The van der Waals surface area contributed by atoms with Crippen LogP contribution in [-0.2, 0) is 6.54 Å². The van der Waals surface area contributed by atoms with Gasteiger partial charge in [-0.2, -0.15) is 16.8 Å². The Bertz CT molecular complexity index is 1080. The zero-order chi connectivity index (χ0) is 20.3. The SMILES string of the molecule is COc1ccc(C(=O)N=c2sc3cc(C)c(C)cc3n2CCSC)cc1OC. The Balaban J connectivity index is 2.11. The number of hydrogen-bond acceptors (Lipinski definition) is 5. The Hall–Kier alpha value is -2.25. The zero-order valence-corrected chi connectivity index (χ0v) is 18.4. The maximum atomic E-state index is 12.8. The number of fused-ring (bicyclic) bond motifs is 1. The second-order valence-electron chi connectivity index (χ2n) is 6.42. The molecule has 0 aliphatic carbocycles. The smallest absolute Gasteiger partial charge is 0.279 e. The highest BCUT2D eigenvalue weighted by atomic mass is 32.2. The van der Waals surface area contributed by atoms with Gasteiger partial charge in [-0.25, -0.2) is 0 Å². The molecule has 0 saturated heterocycles. The van der Waals surface area contributed by atoms with E-state index in [0.717, 1.165) is 22.5 Å². The third-order valence-electron chi connectivity index (χ3n) is 4.64. The molecule has 0 bridgehead atoms. The Morgan fingerprint density at radius 1 is 1.11 bits per heavy atom. The number of hydrogen-bond donors (Lipinski definition) is 0. The number of aryl methyl sites for hydroxylation is 3. The Morgan fingerprint density at radius 2 is 1.82 bits per heavy atom. The van der Waals surface area contributed by atoms with Crippen LogP contribution in [0.4, 0.5) is 0 Å². The third kappa shape index (κ3) is 4.10. The number of methoxy groups -OCH3 is 2. The van der Waals surface area contributed by atoms with Crippen LogP contribution in [0.3, 0.4) is 0 Å². The molecule has 0 atom stereocenters. The van der Waals surface area contributed by atoms with E-state index in [1.807, 2.05) is 0 Å². The van der Waals surface area contributed by atoms with Gasteiger partial charge in [0.2, 0.25) is 0 Å². The van der Waals surface area contributed by atoms with Crippen molar-refractivity contribution in [2.45, 2.75) is 20.4 Å². The summed E-state index contributed by atoms with van der Waals surface area (Å²) >= 11 is 3.32. The number of rotatable bonds is 6. The number of amides is 1. The highest BCUT2D eigenvalue weighted by Gasteiger charge is 2.13. The maximum absolute atomic E-state index is 12.8. The molecule has 0 spiro atoms. The third-order valence-corrected chi connectivity index (χ3v) is 6.28. The van der Waals surface area contributed by atoms with Crippen LogP contribution in [0, 0.1) is 13.8 Å². The minimum absolute atomic E-state index is 0.293. The van der Waals surface area contributed by atoms with Gasteiger partial charge in [0.15, 0.2) is 16.3 Å². The first-order valence-corrected chi connectivity index (χ1v) is 11.1. The van der Waals surface area contributed by atoms with Gasteiger partial charge >= 0.3 is 0 Å². The van der Waals surface area contributed by atoms with Crippen molar-refractivity contribution in [3.8, 4) is 11.5 Å². The molecule has 0 unspecified atom stereocenters. The first-order chi connectivity index (χ1) is 13.5. The first kappa shape index (κ1) is 20.5. The number of carbonyl (C=O) groups is 1. The van der Waals surface area contributed by atoms with E-state index in [4.69, 9.17) is 9.47 Å². The molecular formula is C21H24N2O3S2. The zero-order valence-electron chi connectivity index (χ0n) is 16.7. The van der Waals surface area contributed by atoms with Crippen LogP contribution in [0.25, 0.3) is 10.2 Å². The van der Waals surface area contributed by atoms with Crippen molar-refractivity contribution in [2.75, 3.05) is 26.2 Å². The van der Waals surface area contributed by atoms with Crippen molar-refractivity contribution < 1.29 is 14.3 Å². The molecule has 0 aliphatic rings. The minimum Gasteiger partial charge on any atom is -0.493 e. The second-order valence-corrected chi connectivity index (χ2v) is 8.41. The van der Waals surface area contributed by atoms with Crippen molar-refractivity contribution in [2.24, 2.45) is 4.99 Å². The normalized spacial score (nSPS) is 11.8. The second kappa shape index (κ2) is 8.84. The highest BCUT2D eigenvalue weighted by Crippen LogP contribution is 2.28. The average molecular weight is 417 g/mol. The summed E-state index contributed by atoms with van der Waals surface area (Å²) in [5, 5.41) is 0. The molecule has 1 heterocycles. The summed E-state index contributed by atoms with van der Waals surface area (Å²) < 4.78 is 13.8. The monoisotopic (exact) mass is 416 g/mol. The highest BCUT2D eigenvalue weighted by molar-refractivity contribution is 7.98. The number of thioether (sulfide) groups is 1. The fourth-order valence-corrected chi connectivity index (χ4v) is 4.43. The summed E-state index contributed by atoms with van der Waals surface area (Å²) in [6.45, 7) is 5.02. The number of ether oxygens (including phenoxy) is 2. The van der Waals surface area contributed by atoms with Gasteiger partial charge < -0.3 is 14.0 Å². The van der Waals surface area contributed by atoms with E-state index in [9.17, 15) is 4.79 Å². The van der Waals surface area contributed by atoms with Gasteiger partial charge in [-0.05, 0) is 61.6 Å². The minimum atomic E-state index is -0.293. The van der Waals surface area contributed by atoms with Crippen LogP contribution in [-0.4, -0.2) is 36.7 Å². The number of benzene rings is 2. The van der Waals surface area contributed by atoms with Gasteiger partial charge in [0.1, 0.15) is 0 Å². The van der Waals surface area contributed by atoms with Crippen molar-refractivity contribution in [3.63, 3.8) is 0 Å². The molecule has 0 saturated carbocycles. The van der Waals surface area contributed by atoms with Gasteiger partial charge in [0, 0.05) is 17.9 Å². The van der Waals surface area contributed by atoms with E-state index in [0.29, 0.717) is 21.9 Å². The summed E-state index contributed by atoms with van der Waals surface area (Å²) in [5.74, 6) is 1.76. The molecule has 1 aromatic heterocycles. The van der Waals surface area contributed by atoms with Crippen molar-refractivity contribution >= 4 is 39.2 Å². The summed E-state index contributed by atoms with van der Waals surface area (Å²) in [4.78, 5) is 18.0. The standard InChI is InChI=1S/C21H24N2O3S2/c1-13-10-16-19(11-14(13)2)28-21(23(16)8-9-27-5)22-20(24)15-6-7-17(25-3)18(12-15)26-4/h6-7,10-12H,8-9H2,1-5H3. The van der Waals surface area contributed by atoms with Crippen LogP contribution in [0.1, 0.15) is 21.5 Å². The van der Waals surface area contributed by atoms with E-state index in [1.165, 1.54) is 11.1 Å². The fraction of sp³-hybridized carbons (Fsp3) is 0.333. The van der Waals surface area contributed by atoms with Gasteiger partial charge in [-0.3, -0.25) is 4.79 Å². The molecule has 148 valence electrons. The number of aromatic nitrogens is 1. The lowest BCUT2D eigenvalue weighted by atomic mass is 10.1. The van der Waals surface area contributed by atoms with Gasteiger partial charge in [0.05, 0.1) is 24.4 Å². The van der Waals surface area contributed by atoms with Gasteiger partial charge in [-0.1, -0.05) is 11.3 Å². The van der Waals surface area contributed by atoms with Crippen LogP contribution >= 0.6 is 23.1 Å². The van der Waals surface area contributed by atoms with E-state index >= 15 is 0 Å². The molecule has 1 amide bonds. The number of carbonyl (C=O) groups excluding carboxylic acids is 1. The van der Waals surface area contributed by atoms with E-state index in [-0.39, 0.29) is 5.91 Å². The van der Waals surface area contributed by atoms with Crippen LogP contribution < -0.4 is 14.3 Å². The molecule has 28 heavy (non-hydrogen) atoms. The maximum Gasteiger partial charge on any atom is 0.279 e. The average Bonchev–Trinajstić information content (AvgIpc) is 3.01. The van der Waals surface area contributed by atoms with E-state index in [2.05, 4.69) is 41.8 Å². The lowest BCUT2D eigenvalue weighted by molar-refractivity contribution is 0.0997. The Kier molecular flexibility index (Phi) is 6.46. The molecule has 7 heteroatoms. The number of nitrogens with zero attached hydrogens (tertiary/aromatic N) is 2. The summed E-state index contributed by atoms with van der Waals surface area (Å²) in [7, 11) is 3.12. The molecule has 5 nitrogen and oxygen atoms in total. The van der Waals surface area contributed by atoms with Crippen molar-refractivity contribution in [3.05, 3.63) is 51.8 Å². The fourth-order valence-electron chi connectivity index (χ4n) is 2.93. The van der Waals surface area contributed by atoms with Crippen LogP contribution in [0.15, 0.2) is 35.3 Å². The molecule has 2 aromatic carbocycles. The quantitative estimate of drug-likeness (QED) is 0.596. The largest absolute Gasteiger partial charge is 0.493 e. The van der Waals surface area contributed by atoms with Crippen molar-refractivity contribution in [1.82, 2.24) is 4.57 Å². The van der Waals surface area contributed by atoms with Gasteiger partial charge in [-0.15, -0.1) is 0 Å². The Labute approximate surface area is 173 Å². The lowest BCUT2D eigenvalue weighted by Gasteiger charge is -2.08. The Morgan fingerprint density at radius 3 is 2.50 bits per heavy atom. The molecule has 0 radical (unpaired) electrons. The lowest BCUT2D eigenvalue weighted by Crippen LogP contribution is -2.18. The van der Waals surface area contributed by atoms with Crippen molar-refractivity contribution in [1.29, 1.82) is 0 Å². The number of thiazole rings is 1. The van der Waals surface area contributed by atoms with Crippen LogP contribution in [0.2, 0.25) is 0 Å².